The Morgan fingerprint density at radius 2 is 1.41 bits per heavy atom. The molecule has 0 rings (SSSR count). The largest absolute Gasteiger partial charge is 0.480 e. The van der Waals surface area contributed by atoms with Crippen molar-refractivity contribution in [2.45, 2.75) is 50.9 Å². The maximum atomic E-state index is 12.4. The van der Waals surface area contributed by atoms with Gasteiger partial charge in [-0.1, -0.05) is 13.8 Å². The van der Waals surface area contributed by atoms with Crippen LogP contribution in [0.5, 0.6) is 0 Å². The lowest BCUT2D eigenvalue weighted by Gasteiger charge is -2.24. The third kappa shape index (κ3) is 10.1. The van der Waals surface area contributed by atoms with Gasteiger partial charge in [0.25, 0.3) is 0 Å². The van der Waals surface area contributed by atoms with E-state index in [-0.39, 0.29) is 11.7 Å². The first kappa shape index (κ1) is 26.6. The van der Waals surface area contributed by atoms with Crippen LogP contribution < -0.4 is 27.4 Å². The van der Waals surface area contributed by atoms with Gasteiger partial charge in [-0.25, -0.2) is 4.79 Å². The van der Waals surface area contributed by atoms with Crippen molar-refractivity contribution >= 4 is 42.2 Å². The van der Waals surface area contributed by atoms with Crippen molar-refractivity contribution in [3.8, 4) is 0 Å². The summed E-state index contributed by atoms with van der Waals surface area (Å²) >= 11 is 3.99. The summed E-state index contributed by atoms with van der Waals surface area (Å²) in [5.41, 5.74) is 10.8. The van der Waals surface area contributed by atoms with Gasteiger partial charge in [-0.05, 0) is 12.3 Å². The highest BCUT2D eigenvalue weighted by Gasteiger charge is 2.30. The lowest BCUT2D eigenvalue weighted by Crippen LogP contribution is -2.58. The summed E-state index contributed by atoms with van der Waals surface area (Å²) in [6.45, 7) is 2.85. The molecular formula is C16H29N5O7S. The number of nitrogens with two attached hydrogens (primary N) is 2. The van der Waals surface area contributed by atoms with Crippen LogP contribution in [0.25, 0.3) is 0 Å². The number of aliphatic hydroxyl groups is 1. The van der Waals surface area contributed by atoms with Crippen LogP contribution >= 0.6 is 12.6 Å². The van der Waals surface area contributed by atoms with Crippen molar-refractivity contribution in [3.05, 3.63) is 0 Å². The average Bonchev–Trinajstić information content (AvgIpc) is 2.61. The summed E-state index contributed by atoms with van der Waals surface area (Å²) in [6.07, 6.45) is -0.243. The topological polar surface area (TPSA) is 214 Å². The van der Waals surface area contributed by atoms with E-state index in [1.54, 1.807) is 0 Å². The number of carbonyl (C=O) groups is 5. The maximum Gasteiger partial charge on any atom is 0.328 e. The van der Waals surface area contributed by atoms with E-state index in [9.17, 15) is 24.0 Å². The molecule has 0 fully saturated rings. The summed E-state index contributed by atoms with van der Waals surface area (Å²) in [6, 6.07) is -5.17. The lowest BCUT2D eigenvalue weighted by atomic mass is 10.0. The Kier molecular flexibility index (Phi) is 11.9. The van der Waals surface area contributed by atoms with E-state index in [1.165, 1.54) is 0 Å². The Labute approximate surface area is 173 Å². The molecule has 0 bridgehead atoms. The summed E-state index contributed by atoms with van der Waals surface area (Å²) in [4.78, 5) is 58.9. The summed E-state index contributed by atoms with van der Waals surface area (Å²) < 4.78 is 0. The van der Waals surface area contributed by atoms with E-state index in [4.69, 9.17) is 21.7 Å². The molecule has 0 aromatic heterocycles. The number of aliphatic carboxylic acids is 1. The highest BCUT2D eigenvalue weighted by Crippen LogP contribution is 2.04. The molecule has 0 saturated heterocycles. The standard InChI is InChI=1S/C16H29N5O7S/c1-7(2)3-8(17)13(24)21-11(6-29)15(26)19-9(4-12(18)23)14(25)20-10(5-22)16(27)28/h7-11,22,29H,3-6,17H2,1-2H3,(H2,18,23)(H,19,26)(H,20,25)(H,21,24)(H,27,28). The zero-order valence-electron chi connectivity index (χ0n) is 16.3. The van der Waals surface area contributed by atoms with E-state index >= 15 is 0 Å². The zero-order chi connectivity index (χ0) is 22.7. The number of nitrogens with one attached hydrogen (secondary N) is 3. The molecule has 4 unspecified atom stereocenters. The molecule has 0 aliphatic heterocycles. The summed E-state index contributed by atoms with van der Waals surface area (Å²) in [7, 11) is 0. The van der Waals surface area contributed by atoms with Crippen LogP contribution in [-0.2, 0) is 24.0 Å². The third-order valence-electron chi connectivity index (χ3n) is 3.71. The van der Waals surface area contributed by atoms with Gasteiger partial charge in [0.1, 0.15) is 18.1 Å². The number of rotatable bonds is 13. The first-order valence-corrected chi connectivity index (χ1v) is 9.45. The normalized spacial score (nSPS) is 15.0. The number of hydrogen-bond acceptors (Lipinski definition) is 8. The molecule has 13 heteroatoms. The molecule has 0 aromatic carbocycles. The highest BCUT2D eigenvalue weighted by molar-refractivity contribution is 7.80. The second-order valence-electron chi connectivity index (χ2n) is 6.79. The maximum absolute atomic E-state index is 12.4. The van der Waals surface area contributed by atoms with Crippen LogP contribution in [0, 0.1) is 5.92 Å². The van der Waals surface area contributed by atoms with E-state index in [1.807, 2.05) is 19.2 Å². The molecule has 166 valence electrons. The van der Waals surface area contributed by atoms with E-state index < -0.39 is 66.8 Å². The van der Waals surface area contributed by atoms with Crippen LogP contribution in [0.3, 0.4) is 0 Å². The van der Waals surface area contributed by atoms with Crippen LogP contribution in [0.2, 0.25) is 0 Å². The molecule has 0 saturated carbocycles. The van der Waals surface area contributed by atoms with E-state index in [0.29, 0.717) is 6.42 Å². The van der Waals surface area contributed by atoms with Gasteiger partial charge in [0.2, 0.25) is 23.6 Å². The van der Waals surface area contributed by atoms with Crippen molar-refractivity contribution in [1.82, 2.24) is 16.0 Å². The molecular weight excluding hydrogens is 406 g/mol. The molecule has 0 aromatic rings. The fraction of sp³-hybridized carbons (Fsp3) is 0.688. The Morgan fingerprint density at radius 3 is 1.83 bits per heavy atom. The van der Waals surface area contributed by atoms with Crippen molar-refractivity contribution in [1.29, 1.82) is 0 Å². The van der Waals surface area contributed by atoms with Crippen molar-refractivity contribution < 1.29 is 34.2 Å². The van der Waals surface area contributed by atoms with Gasteiger partial charge in [0.05, 0.1) is 19.1 Å². The van der Waals surface area contributed by atoms with Gasteiger partial charge in [-0.15, -0.1) is 0 Å². The minimum absolute atomic E-state index is 0.134. The molecule has 4 amide bonds. The van der Waals surface area contributed by atoms with Crippen LogP contribution in [0.4, 0.5) is 0 Å². The average molecular weight is 436 g/mol. The molecule has 0 spiro atoms. The lowest BCUT2D eigenvalue weighted by molar-refractivity contribution is -0.143. The molecule has 12 nitrogen and oxygen atoms in total. The number of carboxylic acid groups (broad SMARTS) is 1. The van der Waals surface area contributed by atoms with Gasteiger partial charge < -0.3 is 37.6 Å². The number of aliphatic hydroxyl groups excluding tert-OH is 1. The van der Waals surface area contributed by atoms with Gasteiger partial charge in [-0.3, -0.25) is 19.2 Å². The third-order valence-corrected chi connectivity index (χ3v) is 4.08. The first-order valence-electron chi connectivity index (χ1n) is 8.82. The van der Waals surface area contributed by atoms with E-state index in [0.717, 1.165) is 0 Å². The number of carboxylic acids is 1. The minimum atomic E-state index is -1.64. The quantitative estimate of drug-likeness (QED) is 0.137. The SMILES string of the molecule is CC(C)CC(N)C(=O)NC(CS)C(=O)NC(CC(N)=O)C(=O)NC(CO)C(=O)O. The predicted molar refractivity (Wildman–Crippen MR) is 106 cm³/mol. The molecule has 4 atom stereocenters. The smallest absolute Gasteiger partial charge is 0.328 e. The van der Waals surface area contributed by atoms with Gasteiger partial charge >= 0.3 is 5.97 Å². The van der Waals surface area contributed by atoms with Crippen molar-refractivity contribution in [3.63, 3.8) is 0 Å². The highest BCUT2D eigenvalue weighted by atomic mass is 32.1. The number of hydrogen-bond donors (Lipinski definition) is 8. The Hall–Kier alpha value is -2.38. The fourth-order valence-electron chi connectivity index (χ4n) is 2.23. The molecule has 29 heavy (non-hydrogen) atoms. The molecule has 0 aliphatic rings. The minimum Gasteiger partial charge on any atom is -0.480 e. The second-order valence-corrected chi connectivity index (χ2v) is 7.16. The first-order chi connectivity index (χ1) is 13.4. The second kappa shape index (κ2) is 13.0. The van der Waals surface area contributed by atoms with Crippen LogP contribution in [-0.4, -0.2) is 76.3 Å². The fourth-order valence-corrected chi connectivity index (χ4v) is 2.49. The van der Waals surface area contributed by atoms with Crippen molar-refractivity contribution in [2.75, 3.05) is 12.4 Å². The molecule has 9 N–H and O–H groups in total. The van der Waals surface area contributed by atoms with Gasteiger partial charge in [0, 0.05) is 5.75 Å². The van der Waals surface area contributed by atoms with Gasteiger partial charge in [-0.2, -0.15) is 12.6 Å². The van der Waals surface area contributed by atoms with Crippen molar-refractivity contribution in [2.24, 2.45) is 17.4 Å². The van der Waals surface area contributed by atoms with Crippen LogP contribution in [0.1, 0.15) is 26.7 Å². The van der Waals surface area contributed by atoms with E-state index in [2.05, 4.69) is 23.3 Å². The summed E-state index contributed by atoms with van der Waals surface area (Å²) in [5, 5.41) is 24.5. The Balaban J connectivity index is 5.17. The number of primary amides is 1. The number of amides is 4. The number of carbonyl (C=O) groups excluding carboxylic acids is 4. The van der Waals surface area contributed by atoms with Crippen LogP contribution in [0.15, 0.2) is 0 Å². The monoisotopic (exact) mass is 435 g/mol. The zero-order valence-corrected chi connectivity index (χ0v) is 17.1. The molecule has 0 radical (unpaired) electrons. The Morgan fingerprint density at radius 1 is 0.931 bits per heavy atom. The summed E-state index contributed by atoms with van der Waals surface area (Å²) in [5.74, 6) is -4.91. The predicted octanol–water partition coefficient (Wildman–Crippen LogP) is -3.30. The molecule has 0 aliphatic carbocycles. The van der Waals surface area contributed by atoms with Gasteiger partial charge in [0.15, 0.2) is 0 Å². The molecule has 0 heterocycles. The number of thiol groups is 1. The Bertz CT molecular complexity index is 616.